The largest absolute Gasteiger partial charge is 0.462 e. The summed E-state index contributed by atoms with van der Waals surface area (Å²) in [4.78, 5) is 38.5. The standard InChI is InChI=1S/C76H138O6/c1-4-7-10-13-16-19-22-25-28-31-33-35-36-37-38-39-40-42-43-45-48-51-54-57-60-63-66-69-75(78)81-72-73(71-80-74(77)68-65-62-59-56-53-50-47-30-27-24-21-18-15-12-9-6-3)82-76(79)70-67-64-61-58-55-52-49-46-44-41-34-32-29-26-23-20-17-14-11-8-5-2/h8,11,17,20,26,29-30,34,41,47,73H,4-7,9-10,12-16,18-19,21-25,27-28,31-33,35-40,42-46,48-72H2,1-3H3/b11-8-,20-17-,29-26-,41-34-,47-30-. The van der Waals surface area contributed by atoms with E-state index in [0.717, 1.165) is 96.3 Å². The molecule has 0 amide bonds. The average Bonchev–Trinajstić information content (AvgIpc) is 3.48. The zero-order chi connectivity index (χ0) is 59.2. The lowest BCUT2D eigenvalue weighted by Crippen LogP contribution is -2.30. The first-order chi connectivity index (χ1) is 40.5. The van der Waals surface area contributed by atoms with E-state index in [-0.39, 0.29) is 31.1 Å². The van der Waals surface area contributed by atoms with E-state index in [9.17, 15) is 14.4 Å². The molecule has 0 aliphatic carbocycles. The topological polar surface area (TPSA) is 78.9 Å². The van der Waals surface area contributed by atoms with Gasteiger partial charge >= 0.3 is 17.9 Å². The lowest BCUT2D eigenvalue weighted by Gasteiger charge is -2.18. The molecule has 0 rings (SSSR count). The maximum Gasteiger partial charge on any atom is 0.306 e. The number of esters is 3. The Balaban J connectivity index is 4.28. The summed E-state index contributed by atoms with van der Waals surface area (Å²) in [5, 5.41) is 0. The smallest absolute Gasteiger partial charge is 0.306 e. The molecule has 0 saturated carbocycles. The summed E-state index contributed by atoms with van der Waals surface area (Å²) in [6, 6.07) is 0. The summed E-state index contributed by atoms with van der Waals surface area (Å²) in [5.74, 6) is -0.868. The first kappa shape index (κ1) is 79.1. The summed E-state index contributed by atoms with van der Waals surface area (Å²) < 4.78 is 17.0. The molecule has 478 valence electrons. The van der Waals surface area contributed by atoms with Crippen LogP contribution in [-0.4, -0.2) is 37.2 Å². The van der Waals surface area contributed by atoms with E-state index in [4.69, 9.17) is 14.2 Å². The normalized spacial score (nSPS) is 12.4. The van der Waals surface area contributed by atoms with E-state index in [1.165, 1.54) is 250 Å². The van der Waals surface area contributed by atoms with Crippen LogP contribution in [0.25, 0.3) is 0 Å². The molecule has 0 N–H and O–H groups in total. The molecular weight excluding hydrogens is 1010 g/mol. The van der Waals surface area contributed by atoms with Gasteiger partial charge in [0.15, 0.2) is 6.10 Å². The minimum absolute atomic E-state index is 0.0763. The summed E-state index contributed by atoms with van der Waals surface area (Å²) in [6.07, 6.45) is 91.1. The number of hydrogen-bond donors (Lipinski definition) is 0. The number of carbonyl (C=O) groups excluding carboxylic acids is 3. The Bertz CT molecular complexity index is 1460. The van der Waals surface area contributed by atoms with Gasteiger partial charge in [0, 0.05) is 19.3 Å². The van der Waals surface area contributed by atoms with Gasteiger partial charge in [-0.3, -0.25) is 14.4 Å². The van der Waals surface area contributed by atoms with Gasteiger partial charge in [-0.2, -0.15) is 0 Å². The number of carbonyl (C=O) groups is 3. The maximum absolute atomic E-state index is 13.0. The molecule has 82 heavy (non-hydrogen) atoms. The molecule has 0 heterocycles. The third-order valence-electron chi connectivity index (χ3n) is 16.3. The van der Waals surface area contributed by atoms with Crippen molar-refractivity contribution in [3.8, 4) is 0 Å². The molecule has 0 radical (unpaired) electrons. The number of rotatable bonds is 67. The van der Waals surface area contributed by atoms with Crippen molar-refractivity contribution in [2.75, 3.05) is 13.2 Å². The predicted molar refractivity (Wildman–Crippen MR) is 358 cm³/mol. The molecule has 6 heteroatoms. The summed E-state index contributed by atoms with van der Waals surface area (Å²) in [7, 11) is 0. The number of allylic oxidation sites excluding steroid dienone is 10. The van der Waals surface area contributed by atoms with Crippen LogP contribution in [0, 0.1) is 0 Å². The van der Waals surface area contributed by atoms with Crippen LogP contribution in [0.15, 0.2) is 60.8 Å². The number of ether oxygens (including phenoxy) is 3. The molecule has 0 aromatic heterocycles. The van der Waals surface area contributed by atoms with E-state index in [0.29, 0.717) is 19.3 Å². The first-order valence-electron chi connectivity index (χ1n) is 36.3. The van der Waals surface area contributed by atoms with Gasteiger partial charge in [0.2, 0.25) is 0 Å². The molecule has 0 spiro atoms. The lowest BCUT2D eigenvalue weighted by atomic mass is 10.0. The third-order valence-corrected chi connectivity index (χ3v) is 16.3. The maximum atomic E-state index is 13.0. The molecule has 6 nitrogen and oxygen atoms in total. The Morgan fingerprint density at radius 3 is 0.756 bits per heavy atom. The van der Waals surface area contributed by atoms with E-state index >= 15 is 0 Å². The van der Waals surface area contributed by atoms with Crippen molar-refractivity contribution in [1.82, 2.24) is 0 Å². The quantitative estimate of drug-likeness (QED) is 0.0261. The molecule has 1 unspecified atom stereocenters. The summed E-state index contributed by atoms with van der Waals surface area (Å²) in [5.41, 5.74) is 0. The van der Waals surface area contributed by atoms with Crippen molar-refractivity contribution in [2.24, 2.45) is 0 Å². The lowest BCUT2D eigenvalue weighted by molar-refractivity contribution is -0.167. The van der Waals surface area contributed by atoms with Crippen LogP contribution >= 0.6 is 0 Å². The van der Waals surface area contributed by atoms with Crippen LogP contribution in [0.2, 0.25) is 0 Å². The molecule has 0 saturated heterocycles. The van der Waals surface area contributed by atoms with Gasteiger partial charge in [-0.25, -0.2) is 0 Å². The third kappa shape index (κ3) is 67.9. The van der Waals surface area contributed by atoms with Crippen LogP contribution in [0.3, 0.4) is 0 Å². The van der Waals surface area contributed by atoms with Crippen LogP contribution in [0.4, 0.5) is 0 Å². The van der Waals surface area contributed by atoms with Crippen molar-refractivity contribution in [1.29, 1.82) is 0 Å². The monoisotopic (exact) mass is 1150 g/mol. The minimum atomic E-state index is -0.783. The second-order valence-corrected chi connectivity index (χ2v) is 24.5. The van der Waals surface area contributed by atoms with Gasteiger partial charge in [0.05, 0.1) is 0 Å². The molecule has 0 aliphatic rings. The van der Waals surface area contributed by atoms with Crippen LogP contribution in [0.1, 0.15) is 387 Å². The van der Waals surface area contributed by atoms with Gasteiger partial charge in [-0.15, -0.1) is 0 Å². The van der Waals surface area contributed by atoms with Gasteiger partial charge in [-0.1, -0.05) is 345 Å². The SMILES string of the molecule is CC/C=C\C/C=C\C/C=C\C/C=C\CCCCCCCCCCC(=O)OC(COC(=O)CCCCCCC/C=C\CCCCCCCCC)COC(=O)CCCCCCCCCCCCCCCCCCCCCCCCCCCCC. The van der Waals surface area contributed by atoms with Crippen LogP contribution in [0.5, 0.6) is 0 Å². The van der Waals surface area contributed by atoms with Crippen molar-refractivity contribution in [2.45, 2.75) is 393 Å². The number of unbranched alkanes of at least 4 members (excludes halogenated alkanes) is 46. The highest BCUT2D eigenvalue weighted by atomic mass is 16.6. The van der Waals surface area contributed by atoms with E-state index in [1.807, 2.05) is 0 Å². The minimum Gasteiger partial charge on any atom is -0.462 e. The van der Waals surface area contributed by atoms with Crippen molar-refractivity contribution >= 4 is 17.9 Å². The summed E-state index contributed by atoms with van der Waals surface area (Å²) in [6.45, 7) is 6.58. The van der Waals surface area contributed by atoms with Crippen LogP contribution < -0.4 is 0 Å². The predicted octanol–water partition coefficient (Wildman–Crippen LogP) is 25.1. The molecule has 0 fully saturated rings. The zero-order valence-electron chi connectivity index (χ0n) is 55.0. The molecule has 0 aromatic rings. The fourth-order valence-electron chi connectivity index (χ4n) is 10.8. The Morgan fingerprint density at radius 1 is 0.256 bits per heavy atom. The highest BCUT2D eigenvalue weighted by Gasteiger charge is 2.19. The van der Waals surface area contributed by atoms with Crippen molar-refractivity contribution in [3.63, 3.8) is 0 Å². The highest BCUT2D eigenvalue weighted by molar-refractivity contribution is 5.71. The van der Waals surface area contributed by atoms with E-state index < -0.39 is 6.10 Å². The van der Waals surface area contributed by atoms with E-state index in [2.05, 4.69) is 81.5 Å². The molecule has 0 aromatic carbocycles. The van der Waals surface area contributed by atoms with Gasteiger partial charge < -0.3 is 14.2 Å². The Kier molecular flexibility index (Phi) is 68.1. The van der Waals surface area contributed by atoms with Gasteiger partial charge in [-0.05, 0) is 83.5 Å². The highest BCUT2D eigenvalue weighted by Crippen LogP contribution is 2.18. The van der Waals surface area contributed by atoms with Gasteiger partial charge in [0.1, 0.15) is 13.2 Å². The zero-order valence-corrected chi connectivity index (χ0v) is 55.0. The van der Waals surface area contributed by atoms with Crippen molar-refractivity contribution in [3.05, 3.63) is 60.8 Å². The second kappa shape index (κ2) is 70.6. The Labute approximate surface area is 510 Å². The average molecular weight is 1150 g/mol. The molecular formula is C76H138O6. The van der Waals surface area contributed by atoms with Crippen LogP contribution in [-0.2, 0) is 28.6 Å². The fourth-order valence-corrected chi connectivity index (χ4v) is 10.8. The van der Waals surface area contributed by atoms with E-state index in [1.54, 1.807) is 0 Å². The second-order valence-electron chi connectivity index (χ2n) is 24.5. The number of hydrogen-bond acceptors (Lipinski definition) is 6. The Morgan fingerprint density at radius 2 is 0.476 bits per heavy atom. The summed E-state index contributed by atoms with van der Waals surface area (Å²) >= 11 is 0. The van der Waals surface area contributed by atoms with Crippen molar-refractivity contribution < 1.29 is 28.6 Å². The molecule has 0 aliphatic heterocycles. The molecule has 0 bridgehead atoms. The Hall–Kier alpha value is -2.89. The molecule has 1 atom stereocenters. The first-order valence-corrected chi connectivity index (χ1v) is 36.3. The van der Waals surface area contributed by atoms with Gasteiger partial charge in [0.25, 0.3) is 0 Å². The fraction of sp³-hybridized carbons (Fsp3) is 0.829.